The van der Waals surface area contributed by atoms with Crippen molar-refractivity contribution in [3.63, 3.8) is 0 Å². The third kappa shape index (κ3) is 3.46. The van der Waals surface area contributed by atoms with Crippen LogP contribution in [-0.4, -0.2) is 25.5 Å². The number of methoxy groups -OCH3 is 1. The Morgan fingerprint density at radius 1 is 1.17 bits per heavy atom. The molecule has 0 spiro atoms. The summed E-state index contributed by atoms with van der Waals surface area (Å²) in [5.74, 6) is 0.635. The van der Waals surface area contributed by atoms with Gasteiger partial charge in [0.15, 0.2) is 0 Å². The van der Waals surface area contributed by atoms with E-state index < -0.39 is 9.84 Å². The highest BCUT2D eigenvalue weighted by atomic mass is 79.9. The number of halogens is 1. The van der Waals surface area contributed by atoms with E-state index in [1.165, 1.54) is 6.08 Å². The molecule has 1 aromatic heterocycles. The average molecular weight is 393 g/mol. The quantitative estimate of drug-likeness (QED) is 0.732. The van der Waals surface area contributed by atoms with E-state index in [0.29, 0.717) is 16.8 Å². The summed E-state index contributed by atoms with van der Waals surface area (Å²) in [5.41, 5.74) is 1.97. The van der Waals surface area contributed by atoms with E-state index in [4.69, 9.17) is 4.74 Å². The molecule has 0 unspecified atom stereocenters. The van der Waals surface area contributed by atoms with Gasteiger partial charge in [0.25, 0.3) is 0 Å². The summed E-state index contributed by atoms with van der Waals surface area (Å²) in [6.45, 7) is 0. The number of fused-ring (bicyclic) bond motifs is 1. The van der Waals surface area contributed by atoms with Crippen LogP contribution in [0.5, 0.6) is 5.75 Å². The number of H-pyrrole nitrogens is 1. The van der Waals surface area contributed by atoms with Gasteiger partial charge in [0, 0.05) is 15.9 Å². The summed E-state index contributed by atoms with van der Waals surface area (Å²) < 4.78 is 30.8. The van der Waals surface area contributed by atoms with Crippen LogP contribution in [0.4, 0.5) is 0 Å². The van der Waals surface area contributed by atoms with Crippen molar-refractivity contribution in [3.8, 4) is 5.75 Å². The Morgan fingerprint density at radius 3 is 2.61 bits per heavy atom. The molecule has 0 bridgehead atoms. The zero-order chi connectivity index (χ0) is 16.4. The first-order valence-electron chi connectivity index (χ1n) is 6.70. The number of imidazole rings is 1. The molecule has 0 atom stereocenters. The van der Waals surface area contributed by atoms with E-state index in [1.807, 2.05) is 24.3 Å². The summed E-state index contributed by atoms with van der Waals surface area (Å²) in [7, 11) is -2.10. The third-order valence-corrected chi connectivity index (χ3v) is 5.00. The van der Waals surface area contributed by atoms with Gasteiger partial charge in [0.1, 0.15) is 5.75 Å². The topological polar surface area (TPSA) is 72.0 Å². The van der Waals surface area contributed by atoms with Crippen molar-refractivity contribution in [1.29, 1.82) is 0 Å². The van der Waals surface area contributed by atoms with E-state index in [0.717, 1.165) is 15.4 Å². The van der Waals surface area contributed by atoms with Crippen molar-refractivity contribution in [3.05, 3.63) is 57.9 Å². The number of rotatable bonds is 4. The van der Waals surface area contributed by atoms with Crippen LogP contribution in [0, 0.1) is 0 Å². The van der Waals surface area contributed by atoms with Crippen molar-refractivity contribution >= 4 is 42.9 Å². The highest BCUT2D eigenvalue weighted by Crippen LogP contribution is 2.21. The highest BCUT2D eigenvalue weighted by molar-refractivity contribution is 9.10. The second-order valence-electron chi connectivity index (χ2n) is 4.82. The molecular formula is C16H13BrN2O3S. The molecule has 0 aliphatic rings. The Balaban J connectivity index is 1.94. The number of hydrogen-bond acceptors (Lipinski definition) is 4. The van der Waals surface area contributed by atoms with Crippen molar-refractivity contribution < 1.29 is 13.2 Å². The predicted molar refractivity (Wildman–Crippen MR) is 93.0 cm³/mol. The van der Waals surface area contributed by atoms with E-state index in [1.54, 1.807) is 25.3 Å². The molecule has 7 heteroatoms. The van der Waals surface area contributed by atoms with Crippen LogP contribution in [0.15, 0.2) is 57.5 Å². The number of nitrogens with zero attached hydrogens (tertiary/aromatic N) is 1. The van der Waals surface area contributed by atoms with Gasteiger partial charge < -0.3 is 9.72 Å². The Bertz CT molecular complexity index is 976. The van der Waals surface area contributed by atoms with Crippen molar-refractivity contribution in [2.75, 3.05) is 7.11 Å². The van der Waals surface area contributed by atoms with Gasteiger partial charge in [0.2, 0.25) is 15.0 Å². The number of aromatic nitrogens is 2. The van der Waals surface area contributed by atoms with E-state index in [9.17, 15) is 8.42 Å². The lowest BCUT2D eigenvalue weighted by molar-refractivity contribution is 0.415. The molecule has 0 saturated heterocycles. The highest BCUT2D eigenvalue weighted by Gasteiger charge is 2.16. The van der Waals surface area contributed by atoms with E-state index in [-0.39, 0.29) is 5.16 Å². The van der Waals surface area contributed by atoms with Crippen LogP contribution in [0.1, 0.15) is 5.56 Å². The second kappa shape index (κ2) is 6.17. The molecule has 1 heterocycles. The molecular weight excluding hydrogens is 380 g/mol. The minimum absolute atomic E-state index is 0.0888. The Kier molecular flexibility index (Phi) is 4.23. The standard InChI is InChI=1S/C16H13BrN2O3S/c1-22-13-6-7-14-15(10-13)19-16(18-14)23(20,21)9-8-11-2-4-12(17)5-3-11/h2-10H,1H3,(H,18,19)/b9-8+. The van der Waals surface area contributed by atoms with Crippen LogP contribution < -0.4 is 4.74 Å². The number of hydrogen-bond donors (Lipinski definition) is 1. The molecule has 0 aliphatic carbocycles. The Hall–Kier alpha value is -2.12. The molecule has 0 radical (unpaired) electrons. The molecule has 118 valence electrons. The zero-order valence-corrected chi connectivity index (χ0v) is 14.6. The van der Waals surface area contributed by atoms with Crippen LogP contribution in [0.3, 0.4) is 0 Å². The van der Waals surface area contributed by atoms with Crippen LogP contribution in [0.25, 0.3) is 17.1 Å². The van der Waals surface area contributed by atoms with Crippen LogP contribution >= 0.6 is 15.9 Å². The summed E-state index contributed by atoms with van der Waals surface area (Å²) >= 11 is 3.34. The normalized spacial score (nSPS) is 12.1. The van der Waals surface area contributed by atoms with Crippen LogP contribution in [0.2, 0.25) is 0 Å². The fourth-order valence-electron chi connectivity index (χ4n) is 2.03. The fourth-order valence-corrected chi connectivity index (χ4v) is 3.24. The molecule has 23 heavy (non-hydrogen) atoms. The van der Waals surface area contributed by atoms with E-state index in [2.05, 4.69) is 25.9 Å². The van der Waals surface area contributed by atoms with Crippen LogP contribution in [-0.2, 0) is 9.84 Å². The van der Waals surface area contributed by atoms with Gasteiger partial charge in [0.05, 0.1) is 18.1 Å². The summed E-state index contributed by atoms with van der Waals surface area (Å²) in [4.78, 5) is 6.95. The van der Waals surface area contributed by atoms with Gasteiger partial charge in [-0.1, -0.05) is 28.1 Å². The molecule has 3 aromatic rings. The Labute approximate surface area is 142 Å². The summed E-state index contributed by atoms with van der Waals surface area (Å²) in [5, 5.41) is 1.06. The second-order valence-corrected chi connectivity index (χ2v) is 7.49. The third-order valence-electron chi connectivity index (χ3n) is 3.25. The molecule has 0 aliphatic heterocycles. The maximum absolute atomic E-state index is 12.4. The maximum Gasteiger partial charge on any atom is 0.233 e. The van der Waals surface area contributed by atoms with Crippen molar-refractivity contribution in [1.82, 2.24) is 9.97 Å². The first-order valence-corrected chi connectivity index (χ1v) is 9.04. The molecule has 0 amide bonds. The van der Waals surface area contributed by atoms with Gasteiger partial charge in [-0.3, -0.25) is 0 Å². The number of aromatic amines is 1. The van der Waals surface area contributed by atoms with Crippen molar-refractivity contribution in [2.24, 2.45) is 0 Å². The Morgan fingerprint density at radius 2 is 1.91 bits per heavy atom. The lowest BCUT2D eigenvalue weighted by Gasteiger charge is -1.96. The van der Waals surface area contributed by atoms with Crippen molar-refractivity contribution in [2.45, 2.75) is 5.16 Å². The first kappa shape index (κ1) is 15.8. The maximum atomic E-state index is 12.4. The minimum Gasteiger partial charge on any atom is -0.497 e. The largest absolute Gasteiger partial charge is 0.497 e. The lowest BCUT2D eigenvalue weighted by atomic mass is 10.2. The molecule has 0 saturated carbocycles. The number of ether oxygens (including phenoxy) is 1. The number of nitrogens with one attached hydrogen (secondary N) is 1. The average Bonchev–Trinajstić information content (AvgIpc) is 2.98. The summed E-state index contributed by atoms with van der Waals surface area (Å²) in [6, 6.07) is 12.5. The smallest absolute Gasteiger partial charge is 0.233 e. The number of sulfone groups is 1. The van der Waals surface area contributed by atoms with Gasteiger partial charge in [-0.2, -0.15) is 0 Å². The summed E-state index contributed by atoms with van der Waals surface area (Å²) in [6.07, 6.45) is 1.54. The van der Waals surface area contributed by atoms with Gasteiger partial charge in [-0.05, 0) is 35.9 Å². The van der Waals surface area contributed by atoms with E-state index >= 15 is 0 Å². The first-order chi connectivity index (χ1) is 11.0. The zero-order valence-electron chi connectivity index (χ0n) is 12.2. The number of benzene rings is 2. The minimum atomic E-state index is -3.65. The molecule has 5 nitrogen and oxygen atoms in total. The van der Waals surface area contributed by atoms with Gasteiger partial charge in [-0.25, -0.2) is 13.4 Å². The lowest BCUT2D eigenvalue weighted by Crippen LogP contribution is -1.98. The molecule has 3 rings (SSSR count). The molecule has 2 aromatic carbocycles. The predicted octanol–water partition coefficient (Wildman–Crippen LogP) is 3.78. The fraction of sp³-hybridized carbons (Fsp3) is 0.0625. The SMILES string of the molecule is COc1ccc2nc(S(=O)(=O)/C=C/c3ccc(Br)cc3)[nH]c2c1. The molecule has 0 fully saturated rings. The van der Waals surface area contributed by atoms with Gasteiger partial charge >= 0.3 is 0 Å². The molecule has 1 N–H and O–H groups in total. The van der Waals surface area contributed by atoms with Gasteiger partial charge in [-0.15, -0.1) is 0 Å². The monoisotopic (exact) mass is 392 g/mol.